The largest absolute Gasteiger partial charge is 0.444 e. The fraction of sp³-hybridized carbons (Fsp3) is 0.517. The fourth-order valence-electron chi connectivity index (χ4n) is 5.94. The zero-order valence-corrected chi connectivity index (χ0v) is 23.8. The van der Waals surface area contributed by atoms with E-state index in [0.717, 1.165) is 0 Å². The number of anilines is 2. The molecule has 2 aromatic heterocycles. The summed E-state index contributed by atoms with van der Waals surface area (Å²) < 4.78 is 49.2. The number of halogens is 3. The molecule has 224 valence electrons. The number of carbonyl (C=O) groups excluding carboxylic acids is 1. The molecule has 0 saturated carbocycles. The van der Waals surface area contributed by atoms with Gasteiger partial charge in [-0.15, -0.1) is 0 Å². The maximum atomic E-state index is 14.0. The van der Waals surface area contributed by atoms with Crippen LogP contribution in [0.25, 0.3) is 10.9 Å². The summed E-state index contributed by atoms with van der Waals surface area (Å²) in [6.07, 6.45) is -2.09. The summed E-state index contributed by atoms with van der Waals surface area (Å²) in [7, 11) is 0. The van der Waals surface area contributed by atoms with Crippen LogP contribution in [0.2, 0.25) is 0 Å². The van der Waals surface area contributed by atoms with Gasteiger partial charge >= 0.3 is 12.3 Å². The molecule has 3 aromatic rings. The molecule has 2 fully saturated rings. The molecule has 0 unspecified atom stereocenters. The van der Waals surface area contributed by atoms with Crippen LogP contribution in [-0.4, -0.2) is 57.2 Å². The van der Waals surface area contributed by atoms with Crippen LogP contribution in [0.4, 0.5) is 29.5 Å². The van der Waals surface area contributed by atoms with E-state index in [9.17, 15) is 28.0 Å². The van der Waals surface area contributed by atoms with Gasteiger partial charge in [-0.2, -0.15) is 23.5 Å². The molecule has 3 N–H and O–H groups in total. The number of hydrogen-bond acceptors (Lipinski definition) is 7. The first-order valence-corrected chi connectivity index (χ1v) is 13.9. The molecule has 0 bridgehead atoms. The Balaban J connectivity index is 1.46. The van der Waals surface area contributed by atoms with E-state index in [1.807, 2.05) is 0 Å². The Hall–Kier alpha value is -4.05. The number of likely N-dealkylation sites (tertiary alicyclic amines) is 1. The van der Waals surface area contributed by atoms with Crippen molar-refractivity contribution in [2.75, 3.05) is 25.0 Å². The monoisotopic (exact) mass is 585 g/mol. The van der Waals surface area contributed by atoms with Gasteiger partial charge in [0.25, 0.3) is 5.56 Å². The van der Waals surface area contributed by atoms with E-state index in [0.29, 0.717) is 43.6 Å². The van der Waals surface area contributed by atoms with Gasteiger partial charge < -0.3 is 19.9 Å². The number of fused-ring (bicyclic) bond motifs is 1. The summed E-state index contributed by atoms with van der Waals surface area (Å²) in [5, 5.41) is 20.5. The SMILES string of the molecule is CC(C)(C)OC(=O)N1CCC(CC#N)(n2nc(Nc3ccc([C@]4(C(F)(F)F)CCCN4)cc3)c3c(=O)[nH]ccc32)CC1. The molecule has 2 aliphatic rings. The molecule has 10 nitrogen and oxygen atoms in total. The lowest BCUT2D eigenvalue weighted by Gasteiger charge is -2.41. The number of ether oxygens (including phenoxy) is 1. The summed E-state index contributed by atoms with van der Waals surface area (Å²) in [6, 6.07) is 9.89. The second-order valence-corrected chi connectivity index (χ2v) is 12.0. The molecule has 2 saturated heterocycles. The Morgan fingerprint density at radius 3 is 2.40 bits per heavy atom. The molecule has 1 aromatic carbocycles. The third-order valence-electron chi connectivity index (χ3n) is 8.09. The van der Waals surface area contributed by atoms with E-state index in [2.05, 4.69) is 21.7 Å². The summed E-state index contributed by atoms with van der Waals surface area (Å²) in [5.41, 5.74) is -2.84. The van der Waals surface area contributed by atoms with E-state index >= 15 is 0 Å². The zero-order valence-electron chi connectivity index (χ0n) is 23.8. The molecular weight excluding hydrogens is 551 g/mol. The number of nitrogens with zero attached hydrogens (tertiary/aromatic N) is 4. The molecule has 1 atom stereocenters. The third kappa shape index (κ3) is 5.31. The van der Waals surface area contributed by atoms with Crippen molar-refractivity contribution in [3.05, 3.63) is 52.4 Å². The Bertz CT molecular complexity index is 1550. The van der Waals surface area contributed by atoms with Gasteiger partial charge in [-0.1, -0.05) is 12.1 Å². The van der Waals surface area contributed by atoms with E-state index in [-0.39, 0.29) is 36.2 Å². The smallest absolute Gasteiger partial charge is 0.410 e. The number of piperidine rings is 1. The maximum absolute atomic E-state index is 14.0. The lowest BCUT2D eigenvalue weighted by atomic mass is 9.85. The Kier molecular flexibility index (Phi) is 7.47. The number of benzene rings is 1. The summed E-state index contributed by atoms with van der Waals surface area (Å²) in [6.45, 7) is 6.34. The van der Waals surface area contributed by atoms with Crippen molar-refractivity contribution in [1.29, 1.82) is 5.26 Å². The molecule has 13 heteroatoms. The molecule has 42 heavy (non-hydrogen) atoms. The number of rotatable bonds is 5. The van der Waals surface area contributed by atoms with Crippen LogP contribution < -0.4 is 16.2 Å². The predicted octanol–water partition coefficient (Wildman–Crippen LogP) is 5.25. The molecule has 2 aliphatic heterocycles. The van der Waals surface area contributed by atoms with Gasteiger partial charge in [0, 0.05) is 25.0 Å². The summed E-state index contributed by atoms with van der Waals surface area (Å²) in [4.78, 5) is 29.9. The fourth-order valence-corrected chi connectivity index (χ4v) is 5.94. The van der Waals surface area contributed by atoms with Gasteiger partial charge in [0.1, 0.15) is 16.5 Å². The molecule has 1 amide bonds. The minimum Gasteiger partial charge on any atom is -0.444 e. The van der Waals surface area contributed by atoms with E-state index in [1.54, 1.807) is 36.4 Å². The number of alkyl halides is 3. The van der Waals surface area contributed by atoms with Gasteiger partial charge in [0.05, 0.1) is 23.5 Å². The van der Waals surface area contributed by atoms with Crippen molar-refractivity contribution in [3.63, 3.8) is 0 Å². The van der Waals surface area contributed by atoms with E-state index < -0.39 is 34.5 Å². The number of carbonyl (C=O) groups is 1. The number of nitrogens with one attached hydrogen (secondary N) is 3. The number of nitriles is 1. The third-order valence-corrected chi connectivity index (χ3v) is 8.09. The normalized spacial score (nSPS) is 20.8. The van der Waals surface area contributed by atoms with Crippen LogP contribution in [0.15, 0.2) is 41.3 Å². The number of H-pyrrole nitrogens is 1. The minimum absolute atomic E-state index is 0.0416. The Morgan fingerprint density at radius 1 is 1.14 bits per heavy atom. The van der Waals surface area contributed by atoms with Crippen LogP contribution >= 0.6 is 0 Å². The number of aromatic amines is 1. The Morgan fingerprint density at radius 2 is 1.83 bits per heavy atom. The number of pyridine rings is 1. The van der Waals surface area contributed by atoms with Crippen molar-refractivity contribution in [3.8, 4) is 6.07 Å². The van der Waals surface area contributed by atoms with Crippen LogP contribution in [0.1, 0.15) is 58.4 Å². The van der Waals surface area contributed by atoms with Crippen molar-refractivity contribution in [2.45, 2.75) is 75.7 Å². The van der Waals surface area contributed by atoms with Crippen molar-refractivity contribution >= 4 is 28.5 Å². The second kappa shape index (κ2) is 10.7. The van der Waals surface area contributed by atoms with Crippen molar-refractivity contribution < 1.29 is 22.7 Å². The quantitative estimate of drug-likeness (QED) is 0.373. The lowest BCUT2D eigenvalue weighted by molar-refractivity contribution is -0.196. The highest BCUT2D eigenvalue weighted by Crippen LogP contribution is 2.45. The van der Waals surface area contributed by atoms with Gasteiger partial charge in [-0.3, -0.25) is 14.8 Å². The highest BCUT2D eigenvalue weighted by atomic mass is 19.4. The molecule has 0 aliphatic carbocycles. The van der Waals surface area contributed by atoms with Crippen LogP contribution in [-0.2, 0) is 15.8 Å². The van der Waals surface area contributed by atoms with Crippen LogP contribution in [0.3, 0.4) is 0 Å². The van der Waals surface area contributed by atoms with Crippen LogP contribution in [0.5, 0.6) is 0 Å². The average Bonchev–Trinajstić information content (AvgIpc) is 3.56. The van der Waals surface area contributed by atoms with Gasteiger partial charge in [-0.25, -0.2) is 4.79 Å². The van der Waals surface area contributed by atoms with Gasteiger partial charge in [-0.05, 0) is 76.8 Å². The summed E-state index contributed by atoms with van der Waals surface area (Å²) in [5.74, 6) is 0.219. The van der Waals surface area contributed by atoms with Crippen molar-refractivity contribution in [2.24, 2.45) is 0 Å². The number of hydrogen-bond donors (Lipinski definition) is 3. The first-order valence-electron chi connectivity index (χ1n) is 13.9. The highest BCUT2D eigenvalue weighted by molar-refractivity contribution is 5.91. The van der Waals surface area contributed by atoms with Gasteiger partial charge in [0.15, 0.2) is 5.82 Å². The van der Waals surface area contributed by atoms with E-state index in [4.69, 9.17) is 9.84 Å². The van der Waals surface area contributed by atoms with E-state index in [1.165, 1.54) is 30.5 Å². The number of amides is 1. The lowest BCUT2D eigenvalue weighted by Crippen LogP contribution is -2.49. The molecule has 4 heterocycles. The molecule has 5 rings (SSSR count). The molecule has 0 spiro atoms. The minimum atomic E-state index is -4.45. The Labute approximate surface area is 240 Å². The number of aromatic nitrogens is 3. The van der Waals surface area contributed by atoms with Crippen molar-refractivity contribution in [1.82, 2.24) is 25.0 Å². The highest BCUT2D eigenvalue weighted by Gasteiger charge is 2.57. The maximum Gasteiger partial charge on any atom is 0.410 e. The standard InChI is InChI=1S/C29H34F3N7O3/c1-26(2,3)42-25(41)38-17-12-27(11-14-33,13-18-38)39-21-9-16-34-24(40)22(21)23(37-39)36-20-7-5-19(6-8-20)28(29(30,31)32)10-4-15-35-28/h5-9,16,35H,4,10-13,15,17-18H2,1-3H3,(H,34,40)(H,36,37)/t28-/m0/s1. The summed E-state index contributed by atoms with van der Waals surface area (Å²) >= 11 is 0. The topological polar surface area (TPSA) is 128 Å². The predicted molar refractivity (Wildman–Crippen MR) is 150 cm³/mol. The van der Waals surface area contributed by atoms with Gasteiger partial charge in [0.2, 0.25) is 0 Å². The first-order chi connectivity index (χ1) is 19.8. The molecule has 0 radical (unpaired) electrons. The van der Waals surface area contributed by atoms with Crippen LogP contribution in [0, 0.1) is 11.3 Å². The first kappa shape index (κ1) is 29.4. The average molecular weight is 586 g/mol. The second-order valence-electron chi connectivity index (χ2n) is 12.0. The molecular formula is C29H34F3N7O3. The zero-order chi connectivity index (χ0) is 30.3.